The Morgan fingerprint density at radius 2 is 1.68 bits per heavy atom. The minimum Gasteiger partial charge on any atom is -0.496 e. The smallest absolute Gasteiger partial charge is 0.230 e. The number of aromatic nitrogens is 2. The molecule has 3 aromatic carbocycles. The minimum atomic E-state index is -0.299. The second-order valence-electron chi connectivity index (χ2n) is 6.78. The van der Waals surface area contributed by atoms with Crippen molar-refractivity contribution in [3.05, 3.63) is 84.2 Å². The Labute approximate surface area is 183 Å². The number of carbonyl (C=O) groups is 1. The van der Waals surface area contributed by atoms with Gasteiger partial charge in [0.2, 0.25) is 5.91 Å². The zero-order valence-corrected chi connectivity index (χ0v) is 17.7. The van der Waals surface area contributed by atoms with E-state index in [1.807, 2.05) is 48.5 Å². The van der Waals surface area contributed by atoms with Crippen molar-refractivity contribution in [2.24, 2.45) is 0 Å². The average molecular weight is 434 g/mol. The summed E-state index contributed by atoms with van der Waals surface area (Å²) in [6.45, 7) is 0.388. The van der Waals surface area contributed by atoms with Gasteiger partial charge in [0.15, 0.2) is 0 Å². The van der Waals surface area contributed by atoms with Gasteiger partial charge in [0.25, 0.3) is 0 Å². The van der Waals surface area contributed by atoms with Crippen LogP contribution in [0.3, 0.4) is 0 Å². The molecule has 31 heavy (non-hydrogen) atoms. The molecule has 1 heterocycles. The van der Waals surface area contributed by atoms with Crippen molar-refractivity contribution in [1.82, 2.24) is 15.5 Å². The number of nitrogens with zero attached hydrogens (tertiary/aromatic N) is 2. The number of para-hydroxylation sites is 1. The van der Waals surface area contributed by atoms with Crippen LogP contribution < -0.4 is 10.1 Å². The van der Waals surface area contributed by atoms with Crippen LogP contribution in [-0.2, 0) is 11.3 Å². The van der Waals surface area contributed by atoms with Gasteiger partial charge in [-0.25, -0.2) is 4.39 Å². The van der Waals surface area contributed by atoms with E-state index >= 15 is 0 Å². The predicted octanol–water partition coefficient (Wildman–Crippen LogP) is 4.85. The van der Waals surface area contributed by atoms with Gasteiger partial charge in [0.05, 0.1) is 12.9 Å². The summed E-state index contributed by atoms with van der Waals surface area (Å²) in [5, 5.41) is 14.1. The van der Waals surface area contributed by atoms with Crippen LogP contribution >= 0.6 is 11.8 Å². The molecule has 7 heteroatoms. The van der Waals surface area contributed by atoms with E-state index in [9.17, 15) is 9.18 Å². The highest BCUT2D eigenvalue weighted by atomic mass is 32.2. The summed E-state index contributed by atoms with van der Waals surface area (Å²) in [5.74, 6) is 0.546. The number of carbonyl (C=O) groups excluding carboxylic acids is 1. The molecule has 0 aliphatic carbocycles. The van der Waals surface area contributed by atoms with E-state index in [2.05, 4.69) is 15.5 Å². The first-order chi connectivity index (χ1) is 15.2. The van der Waals surface area contributed by atoms with Crippen molar-refractivity contribution in [3.8, 4) is 17.0 Å². The SMILES string of the molecule is COc1ccccc1CNC(=O)CSc1nnc(-c2ccc(F)cc2)c2ccccc12. The average Bonchev–Trinajstić information content (AvgIpc) is 2.82. The fraction of sp³-hybridized carbons (Fsp3) is 0.125. The van der Waals surface area contributed by atoms with Gasteiger partial charge >= 0.3 is 0 Å². The first-order valence-corrected chi connectivity index (χ1v) is 10.7. The third-order valence-corrected chi connectivity index (χ3v) is 5.76. The Bertz CT molecular complexity index is 1220. The van der Waals surface area contributed by atoms with Gasteiger partial charge in [0.1, 0.15) is 22.3 Å². The quantitative estimate of drug-likeness (QED) is 0.422. The van der Waals surface area contributed by atoms with Crippen molar-refractivity contribution >= 4 is 28.4 Å². The molecule has 1 aromatic heterocycles. The highest BCUT2D eigenvalue weighted by Crippen LogP contribution is 2.31. The second kappa shape index (κ2) is 9.57. The Balaban J connectivity index is 1.48. The summed E-state index contributed by atoms with van der Waals surface area (Å²) in [5.41, 5.74) is 2.38. The van der Waals surface area contributed by atoms with Crippen molar-refractivity contribution in [2.75, 3.05) is 12.9 Å². The van der Waals surface area contributed by atoms with Gasteiger partial charge in [-0.05, 0) is 30.3 Å². The summed E-state index contributed by atoms with van der Waals surface area (Å²) < 4.78 is 18.6. The standard InChI is InChI=1S/C24H20FN3O2S/c1-30-21-9-5-2-6-17(21)14-26-22(29)15-31-24-20-8-4-3-7-19(20)23(27-28-24)16-10-12-18(25)13-11-16/h2-13H,14-15H2,1H3,(H,26,29). The molecule has 4 aromatic rings. The molecule has 0 saturated heterocycles. The first-order valence-electron chi connectivity index (χ1n) is 9.68. The zero-order chi connectivity index (χ0) is 21.6. The van der Waals surface area contributed by atoms with E-state index in [0.717, 1.165) is 27.6 Å². The molecule has 156 valence electrons. The number of fused-ring (bicyclic) bond motifs is 1. The molecule has 0 saturated carbocycles. The lowest BCUT2D eigenvalue weighted by Crippen LogP contribution is -2.24. The van der Waals surface area contributed by atoms with E-state index in [1.54, 1.807) is 19.2 Å². The highest BCUT2D eigenvalue weighted by molar-refractivity contribution is 8.00. The van der Waals surface area contributed by atoms with Crippen LogP contribution in [-0.4, -0.2) is 29.0 Å². The number of amides is 1. The zero-order valence-electron chi connectivity index (χ0n) is 16.8. The summed E-state index contributed by atoms with van der Waals surface area (Å²) in [6, 6.07) is 21.5. The lowest BCUT2D eigenvalue weighted by molar-refractivity contribution is -0.118. The molecule has 4 rings (SSSR count). The molecule has 1 amide bonds. The maximum Gasteiger partial charge on any atom is 0.230 e. The van der Waals surface area contributed by atoms with Crippen LogP contribution in [0.1, 0.15) is 5.56 Å². The van der Waals surface area contributed by atoms with Crippen LogP contribution in [0.2, 0.25) is 0 Å². The summed E-state index contributed by atoms with van der Waals surface area (Å²) in [7, 11) is 1.61. The number of nitrogens with one attached hydrogen (secondary N) is 1. The Morgan fingerprint density at radius 3 is 2.45 bits per heavy atom. The van der Waals surface area contributed by atoms with Gasteiger partial charge in [-0.3, -0.25) is 4.79 Å². The predicted molar refractivity (Wildman–Crippen MR) is 120 cm³/mol. The first kappa shape index (κ1) is 20.8. The van der Waals surface area contributed by atoms with Gasteiger partial charge in [-0.15, -0.1) is 10.2 Å². The normalized spacial score (nSPS) is 10.8. The molecule has 0 aliphatic rings. The Morgan fingerprint density at radius 1 is 0.968 bits per heavy atom. The molecule has 0 bridgehead atoms. The van der Waals surface area contributed by atoms with Crippen molar-refractivity contribution in [1.29, 1.82) is 0 Å². The third-order valence-electron chi connectivity index (χ3n) is 4.78. The minimum absolute atomic E-state index is 0.107. The third kappa shape index (κ3) is 4.83. The number of thioether (sulfide) groups is 1. The molecule has 0 aliphatic heterocycles. The maximum absolute atomic E-state index is 13.3. The maximum atomic E-state index is 13.3. The van der Waals surface area contributed by atoms with E-state index in [0.29, 0.717) is 17.3 Å². The van der Waals surface area contributed by atoms with E-state index < -0.39 is 0 Å². The van der Waals surface area contributed by atoms with Gasteiger partial charge in [-0.2, -0.15) is 0 Å². The molecular formula is C24H20FN3O2S. The highest BCUT2D eigenvalue weighted by Gasteiger charge is 2.13. The van der Waals surface area contributed by atoms with E-state index in [4.69, 9.17) is 4.74 Å². The number of benzene rings is 3. The van der Waals surface area contributed by atoms with Crippen molar-refractivity contribution in [2.45, 2.75) is 11.6 Å². The van der Waals surface area contributed by atoms with Crippen LogP contribution in [0.15, 0.2) is 77.8 Å². The van der Waals surface area contributed by atoms with Crippen molar-refractivity contribution < 1.29 is 13.9 Å². The summed E-state index contributed by atoms with van der Waals surface area (Å²) >= 11 is 1.33. The number of ether oxygens (including phenoxy) is 1. The Kier molecular flexibility index (Phi) is 6.43. The molecule has 0 fully saturated rings. The largest absolute Gasteiger partial charge is 0.496 e. The molecular weight excluding hydrogens is 413 g/mol. The number of rotatable bonds is 7. The fourth-order valence-electron chi connectivity index (χ4n) is 3.23. The molecule has 5 nitrogen and oxygen atoms in total. The van der Waals surface area contributed by atoms with E-state index in [1.165, 1.54) is 23.9 Å². The molecule has 1 N–H and O–H groups in total. The summed E-state index contributed by atoms with van der Waals surface area (Å²) in [4.78, 5) is 12.4. The van der Waals surface area contributed by atoms with Gasteiger partial charge in [0, 0.05) is 28.4 Å². The fourth-order valence-corrected chi connectivity index (χ4v) is 4.04. The van der Waals surface area contributed by atoms with E-state index in [-0.39, 0.29) is 17.5 Å². The monoisotopic (exact) mass is 433 g/mol. The topological polar surface area (TPSA) is 64.1 Å². The molecule has 0 radical (unpaired) electrons. The number of methoxy groups -OCH3 is 1. The molecule has 0 unspecified atom stereocenters. The number of hydrogen-bond acceptors (Lipinski definition) is 5. The van der Waals surface area contributed by atoms with Crippen molar-refractivity contribution in [3.63, 3.8) is 0 Å². The second-order valence-corrected chi connectivity index (χ2v) is 7.75. The number of hydrogen-bond donors (Lipinski definition) is 1. The molecule has 0 spiro atoms. The molecule has 0 atom stereocenters. The Hall–Kier alpha value is -3.45. The van der Waals surface area contributed by atoms with Crippen LogP contribution in [0.25, 0.3) is 22.0 Å². The van der Waals surface area contributed by atoms with Crippen LogP contribution in [0, 0.1) is 5.82 Å². The summed E-state index contributed by atoms with van der Waals surface area (Å²) in [6.07, 6.45) is 0. The van der Waals surface area contributed by atoms with Gasteiger partial charge in [-0.1, -0.05) is 54.2 Å². The van der Waals surface area contributed by atoms with Crippen LogP contribution in [0.5, 0.6) is 5.75 Å². The number of halogens is 1. The lowest BCUT2D eigenvalue weighted by Gasteiger charge is -2.11. The van der Waals surface area contributed by atoms with Crippen LogP contribution in [0.4, 0.5) is 4.39 Å². The van der Waals surface area contributed by atoms with Gasteiger partial charge < -0.3 is 10.1 Å². The lowest BCUT2D eigenvalue weighted by atomic mass is 10.1.